The Morgan fingerprint density at radius 1 is 1.47 bits per heavy atom. The molecule has 2 N–H and O–H groups in total. The molecule has 0 aromatic carbocycles. The van der Waals surface area contributed by atoms with Gasteiger partial charge in [0.05, 0.1) is 6.54 Å². The third-order valence-electron chi connectivity index (χ3n) is 2.26. The molecule has 0 fully saturated rings. The van der Waals surface area contributed by atoms with E-state index in [0.717, 1.165) is 11.2 Å². The first kappa shape index (κ1) is 11.4. The number of aromatic nitrogens is 3. The summed E-state index contributed by atoms with van der Waals surface area (Å²) in [6.45, 7) is 4.68. The molecule has 0 unspecified atom stereocenters. The van der Waals surface area contributed by atoms with Crippen LogP contribution in [0.5, 0.6) is 0 Å². The van der Waals surface area contributed by atoms with Crippen molar-refractivity contribution in [3.8, 4) is 0 Å². The molecule has 90 valence electrons. The molecule has 6 heteroatoms. The van der Waals surface area contributed by atoms with Gasteiger partial charge in [-0.05, 0) is 25.5 Å². The van der Waals surface area contributed by atoms with Crippen LogP contribution >= 0.6 is 0 Å². The first-order chi connectivity index (χ1) is 8.19. The highest BCUT2D eigenvalue weighted by atomic mass is 16.1. The Hall–Kier alpha value is -2.11. The average molecular weight is 233 g/mol. The second kappa shape index (κ2) is 4.82. The monoisotopic (exact) mass is 233 g/mol. The Morgan fingerprint density at radius 3 is 3.06 bits per heavy atom. The van der Waals surface area contributed by atoms with E-state index < -0.39 is 0 Å². The summed E-state index contributed by atoms with van der Waals surface area (Å²) in [4.78, 5) is 15.5. The van der Waals surface area contributed by atoms with Crippen LogP contribution in [0.15, 0.2) is 18.3 Å². The Bertz CT molecular complexity index is 534. The highest BCUT2D eigenvalue weighted by Crippen LogP contribution is 2.06. The fourth-order valence-corrected chi connectivity index (χ4v) is 1.48. The number of nitrogens with one attached hydrogen (secondary N) is 2. The van der Waals surface area contributed by atoms with E-state index in [-0.39, 0.29) is 12.5 Å². The topological polar surface area (TPSA) is 71.3 Å². The van der Waals surface area contributed by atoms with Gasteiger partial charge in [-0.25, -0.2) is 4.52 Å². The molecule has 0 radical (unpaired) electrons. The number of hydrogen-bond donors (Lipinski definition) is 2. The molecule has 0 atom stereocenters. The van der Waals surface area contributed by atoms with Gasteiger partial charge in [0.1, 0.15) is 0 Å². The lowest BCUT2D eigenvalue weighted by Crippen LogP contribution is -2.29. The van der Waals surface area contributed by atoms with Crippen molar-refractivity contribution < 1.29 is 4.79 Å². The summed E-state index contributed by atoms with van der Waals surface area (Å²) in [6.07, 6.45) is 1.89. The summed E-state index contributed by atoms with van der Waals surface area (Å²) in [5.41, 5.74) is 1.87. The molecule has 0 saturated carbocycles. The van der Waals surface area contributed by atoms with Crippen molar-refractivity contribution in [1.29, 1.82) is 0 Å². The molecule has 2 aromatic rings. The zero-order valence-corrected chi connectivity index (χ0v) is 9.90. The van der Waals surface area contributed by atoms with Crippen molar-refractivity contribution in [2.75, 3.05) is 18.4 Å². The molecule has 2 rings (SSSR count). The molecule has 0 bridgehead atoms. The van der Waals surface area contributed by atoms with Crippen LogP contribution in [0.4, 0.5) is 5.95 Å². The Kier molecular flexibility index (Phi) is 3.22. The summed E-state index contributed by atoms with van der Waals surface area (Å²) in [7, 11) is 0. The van der Waals surface area contributed by atoms with E-state index in [1.165, 1.54) is 0 Å². The van der Waals surface area contributed by atoms with E-state index >= 15 is 0 Å². The van der Waals surface area contributed by atoms with Gasteiger partial charge < -0.3 is 10.6 Å². The number of carbonyl (C=O) groups is 1. The van der Waals surface area contributed by atoms with Crippen LogP contribution in [-0.2, 0) is 4.79 Å². The van der Waals surface area contributed by atoms with Gasteiger partial charge in [0, 0.05) is 12.7 Å². The molecule has 0 aliphatic heterocycles. The molecule has 2 aromatic heterocycles. The predicted octanol–water partition coefficient (Wildman–Crippen LogP) is 0.586. The highest BCUT2D eigenvalue weighted by molar-refractivity contribution is 5.80. The lowest BCUT2D eigenvalue weighted by molar-refractivity contribution is -0.119. The molecule has 0 aliphatic carbocycles. The van der Waals surface area contributed by atoms with Crippen molar-refractivity contribution >= 4 is 17.5 Å². The molecule has 2 heterocycles. The van der Waals surface area contributed by atoms with Crippen molar-refractivity contribution in [1.82, 2.24) is 19.9 Å². The van der Waals surface area contributed by atoms with Crippen molar-refractivity contribution in [2.24, 2.45) is 0 Å². The van der Waals surface area contributed by atoms with Crippen LogP contribution in [0, 0.1) is 6.92 Å². The molecule has 0 saturated heterocycles. The number of fused-ring (bicyclic) bond motifs is 1. The third kappa shape index (κ3) is 2.72. The van der Waals surface area contributed by atoms with Gasteiger partial charge in [0.25, 0.3) is 0 Å². The predicted molar refractivity (Wildman–Crippen MR) is 64.9 cm³/mol. The van der Waals surface area contributed by atoms with Gasteiger partial charge in [-0.1, -0.05) is 6.07 Å². The quantitative estimate of drug-likeness (QED) is 0.810. The van der Waals surface area contributed by atoms with Crippen LogP contribution < -0.4 is 10.6 Å². The SMILES string of the molecule is CCNC(=O)CNc1nc2ccc(C)cn2n1. The normalized spacial score (nSPS) is 10.5. The second-order valence-electron chi connectivity index (χ2n) is 3.75. The summed E-state index contributed by atoms with van der Waals surface area (Å²) in [6, 6.07) is 3.86. The highest BCUT2D eigenvalue weighted by Gasteiger charge is 2.04. The Balaban J connectivity index is 2.07. The number of anilines is 1. The van der Waals surface area contributed by atoms with Crippen LogP contribution in [0.3, 0.4) is 0 Å². The van der Waals surface area contributed by atoms with Crippen LogP contribution in [-0.4, -0.2) is 33.6 Å². The lowest BCUT2D eigenvalue weighted by atomic mass is 10.3. The van der Waals surface area contributed by atoms with Gasteiger partial charge in [-0.15, -0.1) is 5.10 Å². The van der Waals surface area contributed by atoms with E-state index in [0.29, 0.717) is 12.5 Å². The maximum atomic E-state index is 11.2. The van der Waals surface area contributed by atoms with Crippen molar-refractivity contribution in [3.63, 3.8) is 0 Å². The van der Waals surface area contributed by atoms with Crippen molar-refractivity contribution in [2.45, 2.75) is 13.8 Å². The largest absolute Gasteiger partial charge is 0.355 e. The number of hydrogen-bond acceptors (Lipinski definition) is 4. The molecule has 6 nitrogen and oxygen atoms in total. The maximum Gasteiger partial charge on any atom is 0.243 e. The number of nitrogens with zero attached hydrogens (tertiary/aromatic N) is 3. The van der Waals surface area contributed by atoms with E-state index in [1.807, 2.05) is 32.2 Å². The standard InChI is InChI=1S/C11H15N5O/c1-3-12-10(17)6-13-11-14-9-5-4-8(2)7-16(9)15-11/h4-5,7H,3,6H2,1-2H3,(H,12,17)(H,13,15). The van der Waals surface area contributed by atoms with E-state index in [9.17, 15) is 4.79 Å². The van der Waals surface area contributed by atoms with Gasteiger partial charge in [0.2, 0.25) is 11.9 Å². The van der Waals surface area contributed by atoms with Crippen molar-refractivity contribution in [3.05, 3.63) is 23.9 Å². The molecule has 1 amide bonds. The maximum absolute atomic E-state index is 11.2. The van der Waals surface area contributed by atoms with Gasteiger partial charge >= 0.3 is 0 Å². The van der Waals surface area contributed by atoms with E-state index in [1.54, 1.807) is 4.52 Å². The number of amides is 1. The van der Waals surface area contributed by atoms with Gasteiger partial charge in [-0.2, -0.15) is 4.98 Å². The summed E-state index contributed by atoms with van der Waals surface area (Å²) < 4.78 is 1.69. The minimum Gasteiger partial charge on any atom is -0.355 e. The zero-order valence-electron chi connectivity index (χ0n) is 9.90. The second-order valence-corrected chi connectivity index (χ2v) is 3.75. The van der Waals surface area contributed by atoms with E-state index in [4.69, 9.17) is 0 Å². The minimum atomic E-state index is -0.0671. The zero-order chi connectivity index (χ0) is 12.3. The van der Waals surface area contributed by atoms with Gasteiger partial charge in [0.15, 0.2) is 5.65 Å². The number of likely N-dealkylation sites (N-methyl/N-ethyl adjacent to an activating group) is 1. The molecular formula is C11H15N5O. The lowest BCUT2D eigenvalue weighted by Gasteiger charge is -2.01. The number of carbonyl (C=O) groups excluding carboxylic acids is 1. The first-order valence-corrected chi connectivity index (χ1v) is 5.52. The van der Waals surface area contributed by atoms with Gasteiger partial charge in [-0.3, -0.25) is 4.79 Å². The molecule has 17 heavy (non-hydrogen) atoms. The fourth-order valence-electron chi connectivity index (χ4n) is 1.48. The van der Waals surface area contributed by atoms with E-state index in [2.05, 4.69) is 20.7 Å². The summed E-state index contributed by atoms with van der Waals surface area (Å²) in [5, 5.41) is 9.80. The Labute approximate surface area is 99.0 Å². The van der Waals surface area contributed by atoms with Crippen LogP contribution in [0.2, 0.25) is 0 Å². The number of pyridine rings is 1. The van der Waals surface area contributed by atoms with Crippen LogP contribution in [0.1, 0.15) is 12.5 Å². The number of aryl methyl sites for hydroxylation is 1. The Morgan fingerprint density at radius 2 is 2.29 bits per heavy atom. The minimum absolute atomic E-state index is 0.0671. The molecular weight excluding hydrogens is 218 g/mol. The first-order valence-electron chi connectivity index (χ1n) is 5.52. The smallest absolute Gasteiger partial charge is 0.243 e. The fraction of sp³-hybridized carbons (Fsp3) is 0.364. The number of rotatable bonds is 4. The average Bonchev–Trinajstić information content (AvgIpc) is 2.68. The van der Waals surface area contributed by atoms with Crippen LogP contribution in [0.25, 0.3) is 5.65 Å². The molecule has 0 spiro atoms. The third-order valence-corrected chi connectivity index (χ3v) is 2.26. The summed E-state index contributed by atoms with van der Waals surface area (Å²) >= 11 is 0. The summed E-state index contributed by atoms with van der Waals surface area (Å²) in [5.74, 6) is 0.393. The molecule has 0 aliphatic rings.